The molecule has 3 nitrogen and oxygen atoms in total. The van der Waals surface area contributed by atoms with Crippen LogP contribution < -0.4 is 4.90 Å². The molecule has 17 heavy (non-hydrogen) atoms. The summed E-state index contributed by atoms with van der Waals surface area (Å²) in [6.07, 6.45) is 2.58. The number of anilines is 1. The Kier molecular flexibility index (Phi) is 2.81. The van der Waals surface area contributed by atoms with Crippen LogP contribution in [0.3, 0.4) is 0 Å². The molecule has 1 aromatic carbocycles. The summed E-state index contributed by atoms with van der Waals surface area (Å²) >= 11 is 1.73. The van der Waals surface area contributed by atoms with Gasteiger partial charge in [-0.3, -0.25) is 0 Å². The van der Waals surface area contributed by atoms with Gasteiger partial charge in [0.05, 0.1) is 0 Å². The van der Waals surface area contributed by atoms with Crippen LogP contribution in [0.15, 0.2) is 30.3 Å². The molecule has 1 heterocycles. The van der Waals surface area contributed by atoms with Crippen LogP contribution in [0.4, 0.5) is 5.13 Å². The second-order valence-electron chi connectivity index (χ2n) is 4.54. The molecule has 0 bridgehead atoms. The smallest absolute Gasteiger partial charge is 0.208 e. The molecule has 4 heteroatoms. The highest BCUT2D eigenvalue weighted by molar-refractivity contribution is 7.15. The molecule has 0 unspecified atom stereocenters. The van der Waals surface area contributed by atoms with Gasteiger partial charge in [0.25, 0.3) is 0 Å². The normalized spacial score (nSPS) is 14.9. The summed E-state index contributed by atoms with van der Waals surface area (Å²) in [5.41, 5.74) is 1.30. The SMILES string of the molecule is CN(Cc1ccccc1)c1nnc(C2CC2)s1. The van der Waals surface area contributed by atoms with Crippen molar-refractivity contribution in [2.45, 2.75) is 25.3 Å². The number of benzene rings is 1. The topological polar surface area (TPSA) is 29.0 Å². The summed E-state index contributed by atoms with van der Waals surface area (Å²) < 4.78 is 0. The van der Waals surface area contributed by atoms with E-state index in [0.29, 0.717) is 5.92 Å². The maximum atomic E-state index is 4.27. The van der Waals surface area contributed by atoms with Gasteiger partial charge in [0, 0.05) is 19.5 Å². The van der Waals surface area contributed by atoms with E-state index in [0.717, 1.165) is 11.7 Å². The zero-order valence-electron chi connectivity index (χ0n) is 9.84. The van der Waals surface area contributed by atoms with Crippen molar-refractivity contribution in [3.63, 3.8) is 0 Å². The molecule has 0 radical (unpaired) electrons. The fraction of sp³-hybridized carbons (Fsp3) is 0.385. The van der Waals surface area contributed by atoms with E-state index in [1.54, 1.807) is 11.3 Å². The minimum absolute atomic E-state index is 0.700. The molecule has 0 spiro atoms. The zero-order chi connectivity index (χ0) is 11.7. The highest BCUT2D eigenvalue weighted by Crippen LogP contribution is 2.42. The first-order chi connectivity index (χ1) is 8.33. The first-order valence-corrected chi connectivity index (χ1v) is 6.73. The Balaban J connectivity index is 1.70. The van der Waals surface area contributed by atoms with E-state index in [-0.39, 0.29) is 0 Å². The molecule has 88 valence electrons. The summed E-state index contributed by atoms with van der Waals surface area (Å²) in [6, 6.07) is 10.5. The number of nitrogens with zero attached hydrogens (tertiary/aromatic N) is 3. The van der Waals surface area contributed by atoms with Crippen LogP contribution >= 0.6 is 11.3 Å². The Morgan fingerprint density at radius 2 is 2.00 bits per heavy atom. The third-order valence-corrected chi connectivity index (χ3v) is 4.15. The molecule has 1 aliphatic carbocycles. The lowest BCUT2D eigenvalue weighted by Gasteiger charge is -2.14. The minimum Gasteiger partial charge on any atom is -0.345 e. The Hall–Kier alpha value is -1.42. The van der Waals surface area contributed by atoms with Crippen LogP contribution in [0, 0.1) is 0 Å². The lowest BCUT2D eigenvalue weighted by Crippen LogP contribution is -2.15. The number of rotatable bonds is 4. The van der Waals surface area contributed by atoms with Crippen molar-refractivity contribution in [3.05, 3.63) is 40.9 Å². The van der Waals surface area contributed by atoms with E-state index in [2.05, 4.69) is 46.4 Å². The number of aromatic nitrogens is 2. The van der Waals surface area contributed by atoms with Crippen LogP contribution in [0.5, 0.6) is 0 Å². The zero-order valence-corrected chi connectivity index (χ0v) is 10.7. The van der Waals surface area contributed by atoms with Gasteiger partial charge in [-0.2, -0.15) is 0 Å². The molecule has 1 saturated carbocycles. The molecular weight excluding hydrogens is 230 g/mol. The second-order valence-corrected chi connectivity index (χ2v) is 5.53. The van der Waals surface area contributed by atoms with Crippen LogP contribution in [-0.4, -0.2) is 17.2 Å². The minimum atomic E-state index is 0.700. The Morgan fingerprint density at radius 1 is 1.24 bits per heavy atom. The molecule has 0 saturated heterocycles. The first kappa shape index (κ1) is 10.7. The average molecular weight is 245 g/mol. The lowest BCUT2D eigenvalue weighted by atomic mass is 10.2. The molecule has 1 aliphatic rings. The molecule has 0 N–H and O–H groups in total. The number of hydrogen-bond acceptors (Lipinski definition) is 4. The monoisotopic (exact) mass is 245 g/mol. The van der Waals surface area contributed by atoms with Gasteiger partial charge in [-0.25, -0.2) is 0 Å². The molecule has 0 atom stereocenters. The second kappa shape index (κ2) is 4.45. The predicted molar refractivity (Wildman–Crippen MR) is 70.4 cm³/mol. The van der Waals surface area contributed by atoms with Crippen molar-refractivity contribution in [2.75, 3.05) is 11.9 Å². The van der Waals surface area contributed by atoms with Gasteiger partial charge >= 0.3 is 0 Å². The van der Waals surface area contributed by atoms with Crippen molar-refractivity contribution in [3.8, 4) is 0 Å². The Bertz CT molecular complexity index is 490. The van der Waals surface area contributed by atoms with Crippen molar-refractivity contribution < 1.29 is 0 Å². The summed E-state index contributed by atoms with van der Waals surface area (Å²) in [4.78, 5) is 2.17. The molecule has 2 aromatic rings. The van der Waals surface area contributed by atoms with Crippen molar-refractivity contribution >= 4 is 16.5 Å². The Morgan fingerprint density at radius 3 is 2.71 bits per heavy atom. The van der Waals surface area contributed by atoms with Gasteiger partial charge in [0.2, 0.25) is 5.13 Å². The van der Waals surface area contributed by atoms with Crippen LogP contribution in [0.1, 0.15) is 29.3 Å². The van der Waals surface area contributed by atoms with Crippen molar-refractivity contribution in [1.82, 2.24) is 10.2 Å². The van der Waals surface area contributed by atoms with Crippen molar-refractivity contribution in [1.29, 1.82) is 0 Å². The highest BCUT2D eigenvalue weighted by atomic mass is 32.1. The van der Waals surface area contributed by atoms with Gasteiger partial charge < -0.3 is 4.90 Å². The summed E-state index contributed by atoms with van der Waals surface area (Å²) in [7, 11) is 2.07. The van der Waals surface area contributed by atoms with Crippen LogP contribution in [0.2, 0.25) is 0 Å². The molecular formula is C13H15N3S. The van der Waals surface area contributed by atoms with E-state index in [4.69, 9.17) is 0 Å². The fourth-order valence-corrected chi connectivity index (χ4v) is 2.77. The predicted octanol–water partition coefficient (Wildman–Crippen LogP) is 3.05. The van der Waals surface area contributed by atoms with Gasteiger partial charge in [-0.1, -0.05) is 41.7 Å². The van der Waals surface area contributed by atoms with Gasteiger partial charge in [-0.15, -0.1) is 10.2 Å². The summed E-state index contributed by atoms with van der Waals surface area (Å²) in [5.74, 6) is 0.700. The fourth-order valence-electron chi connectivity index (χ4n) is 1.80. The Labute approximate surface area is 105 Å². The van der Waals surface area contributed by atoms with E-state index in [1.807, 2.05) is 6.07 Å². The molecule has 0 amide bonds. The van der Waals surface area contributed by atoms with E-state index >= 15 is 0 Å². The van der Waals surface area contributed by atoms with E-state index < -0.39 is 0 Å². The first-order valence-electron chi connectivity index (χ1n) is 5.91. The largest absolute Gasteiger partial charge is 0.345 e. The van der Waals surface area contributed by atoms with Gasteiger partial charge in [0.1, 0.15) is 5.01 Å². The standard InChI is InChI=1S/C13H15N3S/c1-16(9-10-5-3-2-4-6-10)13-15-14-12(17-13)11-7-8-11/h2-6,11H,7-9H2,1H3. The molecule has 0 aliphatic heterocycles. The maximum absolute atomic E-state index is 4.27. The number of hydrogen-bond donors (Lipinski definition) is 0. The molecule has 3 rings (SSSR count). The molecule has 1 aromatic heterocycles. The van der Waals surface area contributed by atoms with Gasteiger partial charge in [0.15, 0.2) is 0 Å². The third-order valence-electron chi connectivity index (χ3n) is 2.95. The van der Waals surface area contributed by atoms with Crippen molar-refractivity contribution in [2.24, 2.45) is 0 Å². The van der Waals surface area contributed by atoms with Gasteiger partial charge in [-0.05, 0) is 18.4 Å². The quantitative estimate of drug-likeness (QED) is 0.829. The maximum Gasteiger partial charge on any atom is 0.208 e. The molecule has 1 fully saturated rings. The van der Waals surface area contributed by atoms with E-state index in [1.165, 1.54) is 23.4 Å². The lowest BCUT2D eigenvalue weighted by molar-refractivity contribution is 0.883. The van der Waals surface area contributed by atoms with Crippen LogP contribution in [0.25, 0.3) is 0 Å². The average Bonchev–Trinajstić information content (AvgIpc) is 3.08. The summed E-state index contributed by atoms with van der Waals surface area (Å²) in [6.45, 7) is 0.889. The van der Waals surface area contributed by atoms with Crippen LogP contribution in [-0.2, 0) is 6.54 Å². The summed E-state index contributed by atoms with van der Waals surface area (Å²) in [5, 5.41) is 10.8. The highest BCUT2D eigenvalue weighted by Gasteiger charge is 2.27. The third kappa shape index (κ3) is 2.47. The van der Waals surface area contributed by atoms with E-state index in [9.17, 15) is 0 Å².